The number of hydrogen-bond donors (Lipinski definition) is 1. The van der Waals surface area contributed by atoms with Gasteiger partial charge in [0.15, 0.2) is 0 Å². The van der Waals surface area contributed by atoms with Crippen molar-refractivity contribution in [3.05, 3.63) is 63.3 Å². The molecular formula is C14H9BrClFN2. The summed E-state index contributed by atoms with van der Waals surface area (Å²) in [4.78, 5) is 0. The molecule has 1 N–H and O–H groups in total. The van der Waals surface area contributed by atoms with Crippen molar-refractivity contribution in [1.82, 2.24) is 0 Å². The highest BCUT2D eigenvalue weighted by Crippen LogP contribution is 2.28. The van der Waals surface area contributed by atoms with Gasteiger partial charge in [-0.25, -0.2) is 4.39 Å². The molecule has 2 rings (SSSR count). The van der Waals surface area contributed by atoms with Crippen LogP contribution in [0.3, 0.4) is 0 Å². The lowest BCUT2D eigenvalue weighted by atomic mass is 10.1. The predicted molar refractivity (Wildman–Crippen MR) is 77.5 cm³/mol. The third-order valence-corrected chi connectivity index (χ3v) is 3.37. The standard InChI is InChI=1S/C14H9BrClFN2/c15-9-4-5-13(16)12(6-9)14(8-18)19-11-3-1-2-10(17)7-11/h1-7,14,19H. The van der Waals surface area contributed by atoms with E-state index in [4.69, 9.17) is 11.6 Å². The Morgan fingerprint density at radius 1 is 1.26 bits per heavy atom. The second kappa shape index (κ2) is 6.05. The van der Waals surface area contributed by atoms with Crippen molar-refractivity contribution < 1.29 is 4.39 Å². The number of rotatable bonds is 3. The van der Waals surface area contributed by atoms with Crippen molar-refractivity contribution in [1.29, 1.82) is 5.26 Å². The molecule has 0 saturated heterocycles. The molecule has 2 aromatic rings. The van der Waals surface area contributed by atoms with Crippen molar-refractivity contribution in [2.45, 2.75) is 6.04 Å². The van der Waals surface area contributed by atoms with Gasteiger partial charge >= 0.3 is 0 Å². The van der Waals surface area contributed by atoms with Crippen molar-refractivity contribution in [2.75, 3.05) is 5.32 Å². The Labute approximate surface area is 123 Å². The molecule has 5 heteroatoms. The van der Waals surface area contributed by atoms with Gasteiger partial charge in [-0.1, -0.05) is 33.6 Å². The quantitative estimate of drug-likeness (QED) is 0.861. The Hall–Kier alpha value is -1.57. The van der Waals surface area contributed by atoms with Gasteiger partial charge in [0.25, 0.3) is 0 Å². The second-order valence-corrected chi connectivity index (χ2v) is 5.21. The largest absolute Gasteiger partial charge is 0.366 e. The lowest BCUT2D eigenvalue weighted by Gasteiger charge is -2.15. The number of nitrogens with zero attached hydrogens (tertiary/aromatic N) is 1. The van der Waals surface area contributed by atoms with Crippen molar-refractivity contribution >= 4 is 33.2 Å². The van der Waals surface area contributed by atoms with E-state index in [-0.39, 0.29) is 5.82 Å². The molecule has 0 heterocycles. The molecule has 0 aliphatic rings. The zero-order valence-electron chi connectivity index (χ0n) is 9.70. The molecule has 2 nitrogen and oxygen atoms in total. The summed E-state index contributed by atoms with van der Waals surface area (Å²) in [6.45, 7) is 0. The maximum absolute atomic E-state index is 13.1. The first-order valence-corrected chi connectivity index (χ1v) is 6.64. The van der Waals surface area contributed by atoms with E-state index in [1.807, 2.05) is 0 Å². The Balaban J connectivity index is 2.31. The van der Waals surface area contributed by atoms with Crippen LogP contribution in [-0.2, 0) is 0 Å². The second-order valence-electron chi connectivity index (χ2n) is 3.88. The van der Waals surface area contributed by atoms with Crippen LogP contribution in [-0.4, -0.2) is 0 Å². The van der Waals surface area contributed by atoms with Gasteiger partial charge in [-0.3, -0.25) is 0 Å². The van der Waals surface area contributed by atoms with Crippen molar-refractivity contribution in [3.8, 4) is 6.07 Å². The summed E-state index contributed by atoms with van der Waals surface area (Å²) in [6.07, 6.45) is 0. The van der Waals surface area contributed by atoms with Crippen molar-refractivity contribution in [2.24, 2.45) is 0 Å². The molecule has 0 amide bonds. The van der Waals surface area contributed by atoms with Crippen LogP contribution < -0.4 is 5.32 Å². The van der Waals surface area contributed by atoms with Gasteiger partial charge in [-0.2, -0.15) is 5.26 Å². The van der Waals surface area contributed by atoms with E-state index in [1.165, 1.54) is 12.1 Å². The van der Waals surface area contributed by atoms with E-state index in [2.05, 4.69) is 27.3 Å². The average Bonchev–Trinajstić information content (AvgIpc) is 2.39. The maximum atomic E-state index is 13.1. The normalized spacial score (nSPS) is 11.7. The van der Waals surface area contributed by atoms with Crippen LogP contribution in [0.4, 0.5) is 10.1 Å². The zero-order chi connectivity index (χ0) is 13.8. The summed E-state index contributed by atoms with van der Waals surface area (Å²) in [5.74, 6) is -0.359. The molecular weight excluding hydrogens is 331 g/mol. The monoisotopic (exact) mass is 338 g/mol. The van der Waals surface area contributed by atoms with Gasteiger partial charge in [0.1, 0.15) is 11.9 Å². The number of anilines is 1. The number of benzene rings is 2. The molecule has 0 radical (unpaired) electrons. The van der Waals surface area contributed by atoms with Gasteiger partial charge in [0.05, 0.1) is 6.07 Å². The lowest BCUT2D eigenvalue weighted by molar-refractivity contribution is 0.628. The van der Waals surface area contributed by atoms with E-state index < -0.39 is 6.04 Å². The highest BCUT2D eigenvalue weighted by Gasteiger charge is 2.14. The minimum Gasteiger partial charge on any atom is -0.366 e. The summed E-state index contributed by atoms with van der Waals surface area (Å²) in [6, 6.07) is 12.7. The van der Waals surface area contributed by atoms with Crippen LogP contribution >= 0.6 is 27.5 Å². The minimum atomic E-state index is -0.646. The third kappa shape index (κ3) is 3.46. The van der Waals surface area contributed by atoms with Gasteiger partial charge in [0.2, 0.25) is 0 Å². The minimum absolute atomic E-state index is 0.359. The van der Waals surface area contributed by atoms with Crippen LogP contribution in [0, 0.1) is 17.1 Å². The Morgan fingerprint density at radius 2 is 2.05 bits per heavy atom. The molecule has 2 aromatic carbocycles. The van der Waals surface area contributed by atoms with Gasteiger partial charge in [0, 0.05) is 20.7 Å². The van der Waals surface area contributed by atoms with Gasteiger partial charge < -0.3 is 5.32 Å². The van der Waals surface area contributed by atoms with E-state index in [0.29, 0.717) is 16.3 Å². The summed E-state index contributed by atoms with van der Waals surface area (Å²) in [5.41, 5.74) is 1.17. The number of hydrogen-bond acceptors (Lipinski definition) is 2. The first-order chi connectivity index (χ1) is 9.10. The van der Waals surface area contributed by atoms with E-state index in [0.717, 1.165) is 4.47 Å². The van der Waals surface area contributed by atoms with Gasteiger partial charge in [-0.15, -0.1) is 0 Å². The molecule has 0 aromatic heterocycles. The fraction of sp³-hybridized carbons (Fsp3) is 0.0714. The van der Waals surface area contributed by atoms with E-state index in [1.54, 1.807) is 30.3 Å². The molecule has 0 aliphatic carbocycles. The molecule has 0 fully saturated rings. The highest BCUT2D eigenvalue weighted by atomic mass is 79.9. The van der Waals surface area contributed by atoms with E-state index in [9.17, 15) is 9.65 Å². The van der Waals surface area contributed by atoms with E-state index >= 15 is 0 Å². The number of nitriles is 1. The zero-order valence-corrected chi connectivity index (χ0v) is 12.0. The lowest BCUT2D eigenvalue weighted by Crippen LogP contribution is -2.09. The SMILES string of the molecule is N#CC(Nc1cccc(F)c1)c1cc(Br)ccc1Cl. The average molecular weight is 340 g/mol. The van der Waals surface area contributed by atoms with Crippen LogP contribution in [0.25, 0.3) is 0 Å². The maximum Gasteiger partial charge on any atom is 0.141 e. The summed E-state index contributed by atoms with van der Waals surface area (Å²) >= 11 is 9.42. The molecule has 1 unspecified atom stereocenters. The fourth-order valence-corrected chi connectivity index (χ4v) is 2.27. The Morgan fingerprint density at radius 3 is 2.74 bits per heavy atom. The van der Waals surface area contributed by atoms with Crippen LogP contribution in [0.5, 0.6) is 0 Å². The smallest absolute Gasteiger partial charge is 0.141 e. The first-order valence-electron chi connectivity index (χ1n) is 5.47. The molecule has 0 spiro atoms. The molecule has 96 valence electrons. The number of halogens is 3. The third-order valence-electron chi connectivity index (χ3n) is 2.53. The summed E-state index contributed by atoms with van der Waals surface area (Å²) in [5, 5.41) is 12.7. The first kappa shape index (κ1) is 13.9. The molecule has 1 atom stereocenters. The number of nitrogens with one attached hydrogen (secondary N) is 1. The van der Waals surface area contributed by atoms with Crippen molar-refractivity contribution in [3.63, 3.8) is 0 Å². The molecule has 0 saturated carbocycles. The summed E-state index contributed by atoms with van der Waals surface area (Å²) in [7, 11) is 0. The Kier molecular flexibility index (Phi) is 4.41. The Bertz CT molecular complexity index is 640. The summed E-state index contributed by atoms with van der Waals surface area (Å²) < 4.78 is 13.9. The molecule has 19 heavy (non-hydrogen) atoms. The van der Waals surface area contributed by atoms with Crippen LogP contribution in [0.15, 0.2) is 46.9 Å². The van der Waals surface area contributed by atoms with Gasteiger partial charge in [-0.05, 0) is 36.4 Å². The fourth-order valence-electron chi connectivity index (χ4n) is 1.66. The molecule has 0 bridgehead atoms. The van der Waals surface area contributed by atoms with Crippen LogP contribution in [0.1, 0.15) is 11.6 Å². The predicted octanol–water partition coefficient (Wildman–Crippen LogP) is 4.92. The topological polar surface area (TPSA) is 35.8 Å². The molecule has 0 aliphatic heterocycles. The van der Waals surface area contributed by atoms with Crippen LogP contribution in [0.2, 0.25) is 5.02 Å². The highest BCUT2D eigenvalue weighted by molar-refractivity contribution is 9.10.